The van der Waals surface area contributed by atoms with Crippen LogP contribution in [0.3, 0.4) is 0 Å². The van der Waals surface area contributed by atoms with Crippen LogP contribution in [0.25, 0.3) is 0 Å². The molecule has 0 aliphatic carbocycles. The van der Waals surface area contributed by atoms with Gasteiger partial charge in [0.05, 0.1) is 17.9 Å². The number of hydrogen-bond donors (Lipinski definition) is 2. The number of pyridine rings is 1. The van der Waals surface area contributed by atoms with Crippen molar-refractivity contribution in [1.82, 2.24) is 4.98 Å². The molecule has 0 radical (unpaired) electrons. The van der Waals surface area contributed by atoms with Crippen LogP contribution in [0.5, 0.6) is 0 Å². The van der Waals surface area contributed by atoms with Crippen molar-refractivity contribution in [3.05, 3.63) is 17.8 Å². The number of anilines is 2. The van der Waals surface area contributed by atoms with Gasteiger partial charge in [0, 0.05) is 18.8 Å². The first-order valence-corrected chi connectivity index (χ1v) is 4.52. The standard InChI is InChI=1S/C9H9F3N4O/c10-9(11,12)17-2-1-15-7-3-8(14)16-5-6(7)4-13/h3,5H,1-2H2,(H3,14,15,16). The number of ether oxygens (including phenoxy) is 1. The average molecular weight is 246 g/mol. The first kappa shape index (κ1) is 13.1. The topological polar surface area (TPSA) is 84.0 Å². The van der Waals surface area contributed by atoms with Crippen LogP contribution in [-0.2, 0) is 4.74 Å². The van der Waals surface area contributed by atoms with E-state index in [1.54, 1.807) is 0 Å². The summed E-state index contributed by atoms with van der Waals surface area (Å²) in [4.78, 5) is 3.68. The number of nitrogens with zero attached hydrogens (tertiary/aromatic N) is 2. The molecule has 1 aromatic rings. The number of halogens is 3. The van der Waals surface area contributed by atoms with Crippen molar-refractivity contribution in [2.75, 3.05) is 24.2 Å². The first-order chi connectivity index (χ1) is 7.92. The molecule has 0 fully saturated rings. The maximum atomic E-state index is 11.7. The highest BCUT2D eigenvalue weighted by Crippen LogP contribution is 2.17. The highest BCUT2D eigenvalue weighted by molar-refractivity contribution is 5.60. The molecule has 0 saturated carbocycles. The summed E-state index contributed by atoms with van der Waals surface area (Å²) in [6.07, 6.45) is -3.42. The molecule has 92 valence electrons. The number of nitrogen functional groups attached to an aromatic ring is 1. The van der Waals surface area contributed by atoms with Crippen LogP contribution in [0, 0.1) is 11.3 Å². The summed E-state index contributed by atoms with van der Waals surface area (Å²) < 4.78 is 38.5. The number of hydrogen-bond acceptors (Lipinski definition) is 5. The Morgan fingerprint density at radius 3 is 2.82 bits per heavy atom. The molecular weight excluding hydrogens is 237 g/mol. The lowest BCUT2D eigenvalue weighted by Crippen LogP contribution is -2.19. The van der Waals surface area contributed by atoms with Gasteiger partial charge in [-0.2, -0.15) is 5.26 Å². The van der Waals surface area contributed by atoms with Crippen molar-refractivity contribution in [1.29, 1.82) is 5.26 Å². The Morgan fingerprint density at radius 2 is 2.24 bits per heavy atom. The van der Waals surface area contributed by atoms with Gasteiger partial charge in [-0.3, -0.25) is 4.74 Å². The van der Waals surface area contributed by atoms with Gasteiger partial charge in [-0.15, -0.1) is 13.2 Å². The molecule has 0 unspecified atom stereocenters. The SMILES string of the molecule is N#Cc1cnc(N)cc1NCCOC(F)(F)F. The molecule has 1 aromatic heterocycles. The minimum atomic E-state index is -4.66. The second kappa shape index (κ2) is 5.36. The van der Waals surface area contributed by atoms with Gasteiger partial charge in [0.25, 0.3) is 0 Å². The molecule has 1 heterocycles. The number of rotatable bonds is 4. The molecule has 5 nitrogen and oxygen atoms in total. The van der Waals surface area contributed by atoms with Gasteiger partial charge >= 0.3 is 6.36 Å². The molecule has 0 amide bonds. The van der Waals surface area contributed by atoms with Crippen LogP contribution in [-0.4, -0.2) is 24.5 Å². The first-order valence-electron chi connectivity index (χ1n) is 4.52. The number of alkyl halides is 3. The zero-order chi connectivity index (χ0) is 12.9. The molecule has 17 heavy (non-hydrogen) atoms. The number of nitriles is 1. The van der Waals surface area contributed by atoms with Crippen molar-refractivity contribution in [2.24, 2.45) is 0 Å². The fourth-order valence-corrected chi connectivity index (χ4v) is 1.06. The van der Waals surface area contributed by atoms with E-state index in [-0.39, 0.29) is 17.9 Å². The van der Waals surface area contributed by atoms with Crippen molar-refractivity contribution < 1.29 is 17.9 Å². The van der Waals surface area contributed by atoms with E-state index >= 15 is 0 Å². The van der Waals surface area contributed by atoms with Crippen molar-refractivity contribution in [3.8, 4) is 6.07 Å². The van der Waals surface area contributed by atoms with Crippen LogP contribution in [0.4, 0.5) is 24.7 Å². The Labute approximate surface area is 95.0 Å². The summed E-state index contributed by atoms with van der Waals surface area (Å²) in [6, 6.07) is 3.20. The van der Waals surface area contributed by atoms with Gasteiger partial charge in [-0.25, -0.2) is 4.98 Å². The maximum Gasteiger partial charge on any atom is 0.522 e. The molecule has 3 N–H and O–H groups in total. The Hall–Kier alpha value is -2.01. The molecule has 8 heteroatoms. The number of aromatic nitrogens is 1. The summed E-state index contributed by atoms with van der Waals surface area (Å²) in [5.41, 5.74) is 5.91. The maximum absolute atomic E-state index is 11.7. The Balaban J connectivity index is 2.52. The second-order valence-corrected chi connectivity index (χ2v) is 2.99. The quantitative estimate of drug-likeness (QED) is 0.786. The van der Waals surface area contributed by atoms with E-state index in [1.165, 1.54) is 12.3 Å². The number of nitrogens with two attached hydrogens (primary N) is 1. The fraction of sp³-hybridized carbons (Fsp3) is 0.333. The van der Waals surface area contributed by atoms with Crippen LogP contribution in [0.15, 0.2) is 12.3 Å². The molecule has 0 aliphatic heterocycles. The van der Waals surface area contributed by atoms with Gasteiger partial charge in [-0.1, -0.05) is 0 Å². The molecule has 0 spiro atoms. The van der Waals surface area contributed by atoms with E-state index in [4.69, 9.17) is 11.0 Å². The van der Waals surface area contributed by atoms with Gasteiger partial charge in [0.1, 0.15) is 11.9 Å². The predicted molar refractivity (Wildman–Crippen MR) is 53.9 cm³/mol. The van der Waals surface area contributed by atoms with E-state index in [9.17, 15) is 13.2 Å². The molecule has 0 aromatic carbocycles. The highest BCUT2D eigenvalue weighted by Gasteiger charge is 2.28. The molecule has 1 rings (SSSR count). The van der Waals surface area contributed by atoms with E-state index in [0.29, 0.717) is 5.69 Å². The summed E-state index contributed by atoms with van der Waals surface area (Å²) >= 11 is 0. The molecular formula is C9H9F3N4O. The third-order valence-corrected chi connectivity index (χ3v) is 1.73. The summed E-state index contributed by atoms with van der Waals surface area (Å²) in [7, 11) is 0. The average Bonchev–Trinajstić information content (AvgIpc) is 2.23. The van der Waals surface area contributed by atoms with E-state index in [2.05, 4.69) is 15.0 Å². The summed E-state index contributed by atoms with van der Waals surface area (Å²) in [5, 5.41) is 11.3. The van der Waals surface area contributed by atoms with E-state index < -0.39 is 13.0 Å². The third-order valence-electron chi connectivity index (χ3n) is 1.73. The van der Waals surface area contributed by atoms with Crippen LogP contribution >= 0.6 is 0 Å². The second-order valence-electron chi connectivity index (χ2n) is 2.99. The molecule has 0 saturated heterocycles. The van der Waals surface area contributed by atoms with Gasteiger partial charge in [0.2, 0.25) is 0 Å². The lowest BCUT2D eigenvalue weighted by atomic mass is 10.2. The minimum absolute atomic E-state index is 0.0996. The van der Waals surface area contributed by atoms with Crippen LogP contribution in [0.1, 0.15) is 5.56 Å². The van der Waals surface area contributed by atoms with Gasteiger partial charge < -0.3 is 11.1 Å². The zero-order valence-corrected chi connectivity index (χ0v) is 8.58. The fourth-order valence-electron chi connectivity index (χ4n) is 1.06. The molecule has 0 bridgehead atoms. The summed E-state index contributed by atoms with van der Waals surface area (Å²) in [5.74, 6) is 0.170. The Morgan fingerprint density at radius 1 is 1.53 bits per heavy atom. The van der Waals surface area contributed by atoms with Gasteiger partial charge in [0.15, 0.2) is 0 Å². The predicted octanol–water partition coefficient (Wildman–Crippen LogP) is 1.48. The Kier molecular flexibility index (Phi) is 4.12. The summed E-state index contributed by atoms with van der Waals surface area (Å²) in [6.45, 7) is -0.658. The lowest BCUT2D eigenvalue weighted by Gasteiger charge is -2.10. The largest absolute Gasteiger partial charge is 0.522 e. The van der Waals surface area contributed by atoms with Crippen molar-refractivity contribution in [2.45, 2.75) is 6.36 Å². The number of nitrogens with one attached hydrogen (secondary N) is 1. The third kappa shape index (κ3) is 4.56. The smallest absolute Gasteiger partial charge is 0.384 e. The highest BCUT2D eigenvalue weighted by atomic mass is 19.4. The molecule has 0 atom stereocenters. The van der Waals surface area contributed by atoms with Crippen LogP contribution < -0.4 is 11.1 Å². The monoisotopic (exact) mass is 246 g/mol. The van der Waals surface area contributed by atoms with E-state index in [0.717, 1.165) is 0 Å². The lowest BCUT2D eigenvalue weighted by molar-refractivity contribution is -0.322. The molecule has 0 aliphatic rings. The zero-order valence-electron chi connectivity index (χ0n) is 8.58. The van der Waals surface area contributed by atoms with Gasteiger partial charge in [-0.05, 0) is 0 Å². The van der Waals surface area contributed by atoms with Crippen molar-refractivity contribution in [3.63, 3.8) is 0 Å². The minimum Gasteiger partial charge on any atom is -0.384 e. The van der Waals surface area contributed by atoms with E-state index in [1.807, 2.05) is 6.07 Å². The van der Waals surface area contributed by atoms with Crippen molar-refractivity contribution >= 4 is 11.5 Å². The Bertz CT molecular complexity index is 427. The normalized spacial score (nSPS) is 10.9. The van der Waals surface area contributed by atoms with Crippen LogP contribution in [0.2, 0.25) is 0 Å².